The maximum atomic E-state index is 11.9. The Hall–Kier alpha value is -2.24. The van der Waals surface area contributed by atoms with E-state index in [9.17, 15) is 9.59 Å². The maximum absolute atomic E-state index is 11.9. The number of carbonyl (C=O) groups is 2. The highest BCUT2D eigenvalue weighted by atomic mass is 16.6. The molecule has 0 saturated heterocycles. The average Bonchev–Trinajstić information content (AvgIpc) is 3.22. The summed E-state index contributed by atoms with van der Waals surface area (Å²) in [4.78, 5) is 23.6. The molecular weight excluding hydrogens is 298 g/mol. The molecule has 1 saturated carbocycles. The third kappa shape index (κ3) is 4.87. The van der Waals surface area contributed by atoms with Gasteiger partial charge in [0.05, 0.1) is 12.6 Å². The number of esters is 1. The number of methoxy groups -OCH3 is 1. The number of carbonyl (C=O) groups excluding carboxylic acids is 2. The second-order valence-corrected chi connectivity index (χ2v) is 6.68. The molecule has 1 fully saturated rings. The van der Waals surface area contributed by atoms with Crippen molar-refractivity contribution >= 4 is 12.1 Å². The molecule has 1 amide bonds. The van der Waals surface area contributed by atoms with E-state index < -0.39 is 23.2 Å². The largest absolute Gasteiger partial charge is 0.490 e. The zero-order valence-corrected chi connectivity index (χ0v) is 14.0. The van der Waals surface area contributed by atoms with Gasteiger partial charge in [0.15, 0.2) is 0 Å². The normalized spacial score (nSPS) is 15.5. The first kappa shape index (κ1) is 17.1. The molecule has 0 unspecified atom stereocenters. The van der Waals surface area contributed by atoms with E-state index in [1.165, 1.54) is 7.11 Å². The molecule has 0 heterocycles. The smallest absolute Gasteiger partial charge is 0.408 e. The Kier molecular flexibility index (Phi) is 4.82. The Labute approximate surface area is 136 Å². The van der Waals surface area contributed by atoms with Crippen LogP contribution in [0.4, 0.5) is 4.79 Å². The van der Waals surface area contributed by atoms with Crippen LogP contribution in [0.25, 0.3) is 0 Å². The number of nitrogens with one attached hydrogen (secondary N) is 1. The molecular formula is C17H23NO5. The van der Waals surface area contributed by atoms with Gasteiger partial charge in [0.1, 0.15) is 23.5 Å². The molecule has 1 aliphatic carbocycles. The number of hydrogen-bond donors (Lipinski definition) is 1. The van der Waals surface area contributed by atoms with Crippen molar-refractivity contribution in [1.29, 1.82) is 0 Å². The van der Waals surface area contributed by atoms with Crippen molar-refractivity contribution in [3.63, 3.8) is 0 Å². The van der Waals surface area contributed by atoms with Gasteiger partial charge in [0, 0.05) is 0 Å². The van der Waals surface area contributed by atoms with Gasteiger partial charge in [-0.15, -0.1) is 0 Å². The van der Waals surface area contributed by atoms with Crippen molar-refractivity contribution in [2.24, 2.45) is 0 Å². The fourth-order valence-corrected chi connectivity index (χ4v) is 2.06. The lowest BCUT2D eigenvalue weighted by molar-refractivity contribution is 0.0472. The summed E-state index contributed by atoms with van der Waals surface area (Å²) in [6, 6.07) is 6.87. The van der Waals surface area contributed by atoms with E-state index in [4.69, 9.17) is 14.2 Å². The van der Waals surface area contributed by atoms with Gasteiger partial charge in [-0.05, 0) is 45.7 Å². The lowest BCUT2D eigenvalue weighted by Gasteiger charge is -2.23. The van der Waals surface area contributed by atoms with Crippen LogP contribution >= 0.6 is 0 Å². The third-order valence-corrected chi connectivity index (χ3v) is 3.42. The van der Waals surface area contributed by atoms with Gasteiger partial charge >= 0.3 is 12.1 Å². The summed E-state index contributed by atoms with van der Waals surface area (Å²) < 4.78 is 15.7. The molecule has 0 spiro atoms. The summed E-state index contributed by atoms with van der Waals surface area (Å²) in [5.41, 5.74) is -0.604. The number of hydrogen-bond acceptors (Lipinski definition) is 5. The Morgan fingerprint density at radius 3 is 2.43 bits per heavy atom. The zero-order chi connectivity index (χ0) is 17.1. The molecule has 0 atom stereocenters. The van der Waals surface area contributed by atoms with Crippen LogP contribution in [0.5, 0.6) is 5.75 Å². The molecule has 0 bridgehead atoms. The molecule has 0 aliphatic heterocycles. The van der Waals surface area contributed by atoms with E-state index in [2.05, 4.69) is 5.32 Å². The second kappa shape index (κ2) is 6.48. The van der Waals surface area contributed by atoms with E-state index in [1.54, 1.807) is 24.3 Å². The zero-order valence-electron chi connectivity index (χ0n) is 14.0. The Balaban J connectivity index is 1.96. The molecule has 23 heavy (non-hydrogen) atoms. The molecule has 6 heteroatoms. The SMILES string of the molecule is COC(=O)c1ccccc1OCC1(NC(=O)OC(C)(C)C)CC1. The van der Waals surface area contributed by atoms with Gasteiger partial charge in [0.2, 0.25) is 0 Å². The molecule has 0 aromatic heterocycles. The number of rotatable bonds is 5. The first-order chi connectivity index (χ1) is 10.7. The minimum Gasteiger partial charge on any atom is -0.490 e. The maximum Gasteiger partial charge on any atom is 0.408 e. The first-order valence-corrected chi connectivity index (χ1v) is 7.56. The monoisotopic (exact) mass is 321 g/mol. The van der Waals surface area contributed by atoms with Crippen LogP contribution in [0, 0.1) is 0 Å². The predicted molar refractivity (Wildman–Crippen MR) is 84.6 cm³/mol. The summed E-state index contributed by atoms with van der Waals surface area (Å²) in [7, 11) is 1.32. The Morgan fingerprint density at radius 1 is 1.22 bits per heavy atom. The summed E-state index contributed by atoms with van der Waals surface area (Å²) in [5.74, 6) is -0.0119. The highest BCUT2D eigenvalue weighted by Gasteiger charge is 2.46. The van der Waals surface area contributed by atoms with Crippen molar-refractivity contribution < 1.29 is 23.8 Å². The number of amides is 1. The van der Waals surface area contributed by atoms with Crippen molar-refractivity contribution in [3.8, 4) is 5.75 Å². The van der Waals surface area contributed by atoms with Crippen LogP contribution < -0.4 is 10.1 Å². The predicted octanol–water partition coefficient (Wildman–Crippen LogP) is 2.91. The Bertz CT molecular complexity index is 587. The van der Waals surface area contributed by atoms with Gasteiger partial charge < -0.3 is 19.5 Å². The van der Waals surface area contributed by atoms with Crippen molar-refractivity contribution in [1.82, 2.24) is 5.32 Å². The van der Waals surface area contributed by atoms with Gasteiger partial charge in [-0.3, -0.25) is 0 Å². The van der Waals surface area contributed by atoms with Gasteiger partial charge in [-0.2, -0.15) is 0 Å². The highest BCUT2D eigenvalue weighted by Crippen LogP contribution is 2.36. The average molecular weight is 321 g/mol. The van der Waals surface area contributed by atoms with E-state index in [0.717, 1.165) is 12.8 Å². The van der Waals surface area contributed by atoms with Crippen LogP contribution in [-0.4, -0.2) is 36.9 Å². The van der Waals surface area contributed by atoms with E-state index in [0.29, 0.717) is 11.3 Å². The van der Waals surface area contributed by atoms with Crippen molar-refractivity contribution in [2.75, 3.05) is 13.7 Å². The molecule has 2 rings (SSSR count). The molecule has 6 nitrogen and oxygen atoms in total. The van der Waals surface area contributed by atoms with Crippen LogP contribution in [0.2, 0.25) is 0 Å². The molecule has 1 N–H and O–H groups in total. The van der Waals surface area contributed by atoms with Crippen molar-refractivity contribution in [3.05, 3.63) is 29.8 Å². The fraction of sp³-hybridized carbons (Fsp3) is 0.529. The van der Waals surface area contributed by atoms with Crippen LogP contribution in [0.15, 0.2) is 24.3 Å². The lowest BCUT2D eigenvalue weighted by Crippen LogP contribution is -2.44. The third-order valence-electron chi connectivity index (χ3n) is 3.42. The van der Waals surface area contributed by atoms with Crippen LogP contribution in [0.3, 0.4) is 0 Å². The number of alkyl carbamates (subject to hydrolysis) is 1. The topological polar surface area (TPSA) is 73.9 Å². The molecule has 1 aliphatic rings. The van der Waals surface area contributed by atoms with E-state index in [-0.39, 0.29) is 6.61 Å². The quantitative estimate of drug-likeness (QED) is 0.844. The summed E-state index contributed by atoms with van der Waals surface area (Å²) >= 11 is 0. The summed E-state index contributed by atoms with van der Waals surface area (Å²) in [5, 5.41) is 2.85. The second-order valence-electron chi connectivity index (χ2n) is 6.68. The minimum atomic E-state index is -0.543. The first-order valence-electron chi connectivity index (χ1n) is 7.56. The highest BCUT2D eigenvalue weighted by molar-refractivity contribution is 5.92. The van der Waals surface area contributed by atoms with Crippen LogP contribution in [0.1, 0.15) is 44.0 Å². The summed E-state index contributed by atoms with van der Waals surface area (Å²) in [6.07, 6.45) is 1.17. The summed E-state index contributed by atoms with van der Waals surface area (Å²) in [6.45, 7) is 5.72. The van der Waals surface area contributed by atoms with E-state index >= 15 is 0 Å². The van der Waals surface area contributed by atoms with E-state index in [1.807, 2.05) is 20.8 Å². The molecule has 1 aromatic carbocycles. The standard InChI is InChI=1S/C17H23NO5/c1-16(2,3)23-15(20)18-17(9-10-17)11-22-13-8-6-5-7-12(13)14(19)21-4/h5-8H,9-11H2,1-4H3,(H,18,20). The van der Waals surface area contributed by atoms with Gasteiger partial charge in [-0.1, -0.05) is 12.1 Å². The number of ether oxygens (including phenoxy) is 3. The van der Waals surface area contributed by atoms with Gasteiger partial charge in [-0.25, -0.2) is 9.59 Å². The number of benzene rings is 1. The fourth-order valence-electron chi connectivity index (χ4n) is 2.06. The van der Waals surface area contributed by atoms with Crippen molar-refractivity contribution in [2.45, 2.75) is 44.8 Å². The van der Waals surface area contributed by atoms with Crippen LogP contribution in [-0.2, 0) is 9.47 Å². The van der Waals surface area contributed by atoms with Gasteiger partial charge in [0.25, 0.3) is 0 Å². The lowest BCUT2D eigenvalue weighted by atomic mass is 10.2. The minimum absolute atomic E-state index is 0.278. The Morgan fingerprint density at radius 2 is 1.87 bits per heavy atom. The number of para-hydroxylation sites is 1. The molecule has 126 valence electrons. The molecule has 1 aromatic rings. The molecule has 0 radical (unpaired) electrons.